The third kappa shape index (κ3) is 3.69. The van der Waals surface area contributed by atoms with Gasteiger partial charge in [-0.15, -0.1) is 11.3 Å². The van der Waals surface area contributed by atoms with E-state index >= 15 is 0 Å². The van der Waals surface area contributed by atoms with Gasteiger partial charge in [0.1, 0.15) is 5.69 Å². The first kappa shape index (κ1) is 17.1. The normalized spacial score (nSPS) is 10.8. The zero-order chi connectivity index (χ0) is 18.0. The van der Waals surface area contributed by atoms with Crippen molar-refractivity contribution >= 4 is 22.8 Å². The number of hydrogen-bond donors (Lipinski definition) is 1. The quantitative estimate of drug-likeness (QED) is 0.537. The van der Waals surface area contributed by atoms with Crippen LogP contribution in [-0.2, 0) is 13.5 Å². The van der Waals surface area contributed by atoms with Crippen LogP contribution in [0.1, 0.15) is 16.3 Å². The Morgan fingerprint density at radius 1 is 1.28 bits per heavy atom. The summed E-state index contributed by atoms with van der Waals surface area (Å²) in [6.07, 6.45) is 0.762. The highest BCUT2D eigenvalue weighted by Gasteiger charge is 2.23. The van der Waals surface area contributed by atoms with Gasteiger partial charge in [0.2, 0.25) is 5.82 Å². The molecule has 130 valence electrons. The number of nitrogens with zero attached hydrogens (tertiary/aromatic N) is 4. The molecule has 3 rings (SSSR count). The first-order valence-electron chi connectivity index (χ1n) is 7.89. The number of hydrogen-bond acceptors (Lipinski definition) is 6. The predicted molar refractivity (Wildman–Crippen MR) is 99.1 cm³/mol. The zero-order valence-electron chi connectivity index (χ0n) is 14.3. The van der Waals surface area contributed by atoms with Crippen LogP contribution in [0.4, 0.5) is 11.5 Å². The number of nitrogens with one attached hydrogen (secondary N) is 1. The number of anilines is 1. The molecule has 1 N–H and O–H groups in total. The minimum atomic E-state index is -0.394. The first-order chi connectivity index (χ1) is 12.0. The van der Waals surface area contributed by atoms with Gasteiger partial charge in [-0.25, -0.2) is 9.67 Å². The molecule has 7 nitrogen and oxygen atoms in total. The van der Waals surface area contributed by atoms with Gasteiger partial charge in [-0.1, -0.05) is 24.3 Å². The molecule has 0 saturated carbocycles. The van der Waals surface area contributed by atoms with Gasteiger partial charge in [-0.3, -0.25) is 10.1 Å². The third-order valence-electron chi connectivity index (χ3n) is 3.95. The van der Waals surface area contributed by atoms with Gasteiger partial charge in [0.05, 0.1) is 15.6 Å². The van der Waals surface area contributed by atoms with Crippen LogP contribution in [0.5, 0.6) is 0 Å². The second-order valence-electron chi connectivity index (χ2n) is 5.79. The lowest BCUT2D eigenvalue weighted by molar-refractivity contribution is -0.384. The van der Waals surface area contributed by atoms with E-state index in [1.165, 1.54) is 4.68 Å². The number of thiazole rings is 1. The van der Waals surface area contributed by atoms with E-state index in [-0.39, 0.29) is 5.69 Å². The van der Waals surface area contributed by atoms with Crippen molar-refractivity contribution in [1.29, 1.82) is 0 Å². The van der Waals surface area contributed by atoms with Crippen molar-refractivity contribution in [3.63, 3.8) is 0 Å². The number of nitro groups is 1. The Balaban J connectivity index is 1.64. The summed E-state index contributed by atoms with van der Waals surface area (Å²) in [6.45, 7) is 4.23. The molecule has 0 fully saturated rings. The molecular formula is C17H19N5O2S. The van der Waals surface area contributed by atoms with Crippen molar-refractivity contribution in [2.75, 3.05) is 11.9 Å². The lowest BCUT2D eigenvalue weighted by atomic mass is 10.1. The lowest BCUT2D eigenvalue weighted by Crippen LogP contribution is -2.10. The Kier molecular flexibility index (Phi) is 4.80. The minimum absolute atomic E-state index is 0.0387. The van der Waals surface area contributed by atoms with Crippen molar-refractivity contribution in [3.8, 4) is 11.3 Å². The second kappa shape index (κ2) is 7.02. The van der Waals surface area contributed by atoms with Crippen LogP contribution >= 0.6 is 11.3 Å². The van der Waals surface area contributed by atoms with E-state index in [9.17, 15) is 10.1 Å². The maximum atomic E-state index is 11.2. The van der Waals surface area contributed by atoms with Crippen molar-refractivity contribution < 1.29 is 4.92 Å². The van der Waals surface area contributed by atoms with Crippen LogP contribution in [0.15, 0.2) is 29.6 Å². The summed E-state index contributed by atoms with van der Waals surface area (Å²) in [7, 11) is 1.70. The summed E-state index contributed by atoms with van der Waals surface area (Å²) in [5.74, 6) is 0.442. The Labute approximate surface area is 149 Å². The van der Waals surface area contributed by atoms with E-state index in [1.54, 1.807) is 25.3 Å². The van der Waals surface area contributed by atoms with Gasteiger partial charge >= 0.3 is 5.69 Å². The summed E-state index contributed by atoms with van der Waals surface area (Å²) < 4.78 is 1.52. The average Bonchev–Trinajstić information content (AvgIpc) is 3.11. The summed E-state index contributed by atoms with van der Waals surface area (Å²) in [5.41, 5.74) is 3.70. The fraction of sp³-hybridized carbons (Fsp3) is 0.294. The molecular weight excluding hydrogens is 338 g/mol. The maximum absolute atomic E-state index is 11.2. The zero-order valence-corrected chi connectivity index (χ0v) is 15.1. The van der Waals surface area contributed by atoms with Gasteiger partial charge in [-0.2, -0.15) is 5.10 Å². The molecule has 2 aromatic heterocycles. The second-order valence-corrected chi connectivity index (χ2v) is 6.85. The fourth-order valence-corrected chi connectivity index (χ4v) is 3.35. The Bertz CT molecular complexity index is 898. The molecule has 0 aliphatic carbocycles. The standard InChI is InChI=1S/C17H19N5O2S/c1-11-16(22(23)24)17(21(3)20-11)18-9-8-13-4-6-14(7-5-13)15-10-25-12(2)19-15/h4-7,10,18H,8-9H2,1-3H3. The summed E-state index contributed by atoms with van der Waals surface area (Å²) in [4.78, 5) is 15.3. The summed E-state index contributed by atoms with van der Waals surface area (Å²) >= 11 is 1.64. The molecule has 1 aromatic carbocycles. The Morgan fingerprint density at radius 3 is 2.60 bits per heavy atom. The van der Waals surface area contributed by atoms with E-state index in [0.29, 0.717) is 18.1 Å². The molecule has 0 bridgehead atoms. The molecule has 2 heterocycles. The smallest absolute Gasteiger partial charge is 0.333 e. The SMILES string of the molecule is Cc1nc(-c2ccc(CCNc3c([N+](=O)[O-])c(C)nn3C)cc2)cs1. The highest BCUT2D eigenvalue weighted by atomic mass is 32.1. The van der Waals surface area contributed by atoms with E-state index in [0.717, 1.165) is 28.2 Å². The molecule has 0 aliphatic heterocycles. The molecule has 3 aromatic rings. The summed E-state index contributed by atoms with van der Waals surface area (Å²) in [6, 6.07) is 8.24. The molecule has 0 amide bonds. The highest BCUT2D eigenvalue weighted by Crippen LogP contribution is 2.27. The van der Waals surface area contributed by atoms with Crippen LogP contribution in [0.2, 0.25) is 0 Å². The van der Waals surface area contributed by atoms with Crippen molar-refractivity contribution in [3.05, 3.63) is 56.0 Å². The maximum Gasteiger partial charge on any atom is 0.333 e. The largest absolute Gasteiger partial charge is 0.364 e. The minimum Gasteiger partial charge on any atom is -0.364 e. The van der Waals surface area contributed by atoms with Gasteiger partial charge in [0.25, 0.3) is 0 Å². The monoisotopic (exact) mass is 357 g/mol. The molecule has 0 radical (unpaired) electrons. The number of aromatic nitrogens is 3. The van der Waals surface area contributed by atoms with Gasteiger partial charge in [0, 0.05) is 24.5 Å². The molecule has 0 unspecified atom stereocenters. The molecule has 0 spiro atoms. The van der Waals surface area contributed by atoms with Crippen LogP contribution in [0.25, 0.3) is 11.3 Å². The van der Waals surface area contributed by atoms with E-state index < -0.39 is 4.92 Å². The van der Waals surface area contributed by atoms with Gasteiger partial charge in [0.15, 0.2) is 0 Å². The van der Waals surface area contributed by atoms with Crippen molar-refractivity contribution in [2.24, 2.45) is 7.05 Å². The molecule has 0 aliphatic rings. The first-order valence-corrected chi connectivity index (χ1v) is 8.77. The molecule has 0 saturated heterocycles. The van der Waals surface area contributed by atoms with Crippen molar-refractivity contribution in [2.45, 2.75) is 20.3 Å². The van der Waals surface area contributed by atoms with Gasteiger partial charge in [-0.05, 0) is 25.8 Å². The average molecular weight is 357 g/mol. The van der Waals surface area contributed by atoms with E-state index in [2.05, 4.69) is 45.0 Å². The Morgan fingerprint density at radius 2 is 2.00 bits per heavy atom. The Hall–Kier alpha value is -2.74. The molecule has 0 atom stereocenters. The fourth-order valence-electron chi connectivity index (χ4n) is 2.73. The van der Waals surface area contributed by atoms with Gasteiger partial charge < -0.3 is 5.32 Å². The summed E-state index contributed by atoms with van der Waals surface area (Å²) in [5, 5.41) is 21.5. The van der Waals surface area contributed by atoms with Crippen LogP contribution in [0, 0.1) is 24.0 Å². The van der Waals surface area contributed by atoms with E-state index in [4.69, 9.17) is 0 Å². The molecule has 8 heteroatoms. The number of rotatable bonds is 6. The topological polar surface area (TPSA) is 85.9 Å². The predicted octanol–water partition coefficient (Wildman–Crippen LogP) is 3.72. The van der Waals surface area contributed by atoms with Crippen LogP contribution < -0.4 is 5.32 Å². The highest BCUT2D eigenvalue weighted by molar-refractivity contribution is 7.09. The lowest BCUT2D eigenvalue weighted by Gasteiger charge is -2.07. The van der Waals surface area contributed by atoms with Crippen molar-refractivity contribution in [1.82, 2.24) is 14.8 Å². The van der Waals surface area contributed by atoms with E-state index in [1.807, 2.05) is 6.92 Å². The third-order valence-corrected chi connectivity index (χ3v) is 4.72. The number of aryl methyl sites for hydroxylation is 3. The molecule has 25 heavy (non-hydrogen) atoms. The van der Waals surface area contributed by atoms with Crippen LogP contribution in [-0.4, -0.2) is 26.2 Å². The van der Waals surface area contributed by atoms with Crippen LogP contribution in [0.3, 0.4) is 0 Å². The number of benzene rings is 1.